The molecular weight excluding hydrogens is 258 g/mol. The van der Waals surface area contributed by atoms with E-state index in [2.05, 4.69) is 64.3 Å². The van der Waals surface area contributed by atoms with Crippen LogP contribution in [0.3, 0.4) is 0 Å². The second-order valence-corrected chi connectivity index (χ2v) is 5.45. The molecule has 2 heterocycles. The highest BCUT2D eigenvalue weighted by Gasteiger charge is 2.17. The molecule has 0 amide bonds. The van der Waals surface area contributed by atoms with E-state index in [9.17, 15) is 0 Å². The molecule has 1 aliphatic heterocycles. The summed E-state index contributed by atoms with van der Waals surface area (Å²) in [7, 11) is 0. The normalized spacial score (nSPS) is 13.0. The van der Waals surface area contributed by atoms with Crippen LogP contribution in [-0.2, 0) is 6.42 Å². The summed E-state index contributed by atoms with van der Waals surface area (Å²) in [5, 5.41) is 3.51. The molecule has 3 nitrogen and oxygen atoms in total. The van der Waals surface area contributed by atoms with Gasteiger partial charge in [-0.1, -0.05) is 36.4 Å². The number of anilines is 1. The number of rotatable bonds is 2. The lowest BCUT2D eigenvalue weighted by molar-refractivity contribution is 1.05. The number of aryl methyl sites for hydroxylation is 1. The third-order valence-corrected chi connectivity index (χ3v) is 4.14. The van der Waals surface area contributed by atoms with Crippen LogP contribution in [-0.4, -0.2) is 16.1 Å². The lowest BCUT2D eigenvalue weighted by Gasteiger charge is -2.13. The van der Waals surface area contributed by atoms with Crippen molar-refractivity contribution in [2.75, 3.05) is 11.9 Å². The quantitative estimate of drug-likeness (QED) is 0.770. The van der Waals surface area contributed by atoms with Crippen molar-refractivity contribution in [2.24, 2.45) is 0 Å². The molecule has 1 aromatic heterocycles. The number of para-hydroxylation sites is 2. The Labute approximate surface area is 124 Å². The maximum atomic E-state index is 4.38. The maximum Gasteiger partial charge on any atom is 0.0997 e. The van der Waals surface area contributed by atoms with Crippen LogP contribution in [0.4, 0.5) is 5.69 Å². The van der Waals surface area contributed by atoms with Crippen LogP contribution >= 0.6 is 0 Å². The molecule has 0 atom stereocenters. The summed E-state index contributed by atoms with van der Waals surface area (Å²) in [6.07, 6.45) is 4.94. The average Bonchev–Trinajstić information content (AvgIpc) is 3.16. The number of benzene rings is 2. The minimum atomic E-state index is 1.02. The molecule has 0 radical (unpaired) electrons. The van der Waals surface area contributed by atoms with E-state index >= 15 is 0 Å². The number of hydrogen-bond acceptors (Lipinski definition) is 2. The van der Waals surface area contributed by atoms with Gasteiger partial charge < -0.3 is 5.32 Å². The molecule has 0 spiro atoms. The van der Waals surface area contributed by atoms with E-state index in [0.717, 1.165) is 18.7 Å². The van der Waals surface area contributed by atoms with Crippen LogP contribution < -0.4 is 5.32 Å². The van der Waals surface area contributed by atoms with Crippen molar-refractivity contribution >= 4 is 5.69 Å². The Morgan fingerprint density at radius 2 is 2.00 bits per heavy atom. The average molecular weight is 275 g/mol. The van der Waals surface area contributed by atoms with Gasteiger partial charge in [0.2, 0.25) is 0 Å². The van der Waals surface area contributed by atoms with Crippen molar-refractivity contribution in [3.05, 3.63) is 66.1 Å². The fraction of sp³-hybridized carbons (Fsp3) is 0.167. The summed E-state index contributed by atoms with van der Waals surface area (Å²) in [5.74, 6) is 0. The Balaban J connectivity index is 1.91. The summed E-state index contributed by atoms with van der Waals surface area (Å²) < 4.78 is 2.17. The van der Waals surface area contributed by atoms with Gasteiger partial charge in [-0.2, -0.15) is 0 Å². The van der Waals surface area contributed by atoms with Crippen molar-refractivity contribution in [2.45, 2.75) is 13.3 Å². The van der Waals surface area contributed by atoms with Gasteiger partial charge in [0, 0.05) is 17.8 Å². The summed E-state index contributed by atoms with van der Waals surface area (Å²) in [6.45, 7) is 3.15. The molecule has 0 bridgehead atoms. The summed E-state index contributed by atoms with van der Waals surface area (Å²) >= 11 is 0. The molecule has 0 saturated carbocycles. The van der Waals surface area contributed by atoms with E-state index in [-0.39, 0.29) is 0 Å². The Hall–Kier alpha value is -2.55. The molecule has 0 unspecified atom stereocenters. The molecular formula is C18H17N3. The number of nitrogens with one attached hydrogen (secondary N) is 1. The number of fused-ring (bicyclic) bond motifs is 1. The summed E-state index contributed by atoms with van der Waals surface area (Å²) in [5.41, 5.74) is 7.44. The van der Waals surface area contributed by atoms with E-state index in [0.29, 0.717) is 0 Å². The molecule has 3 aromatic rings. The van der Waals surface area contributed by atoms with Gasteiger partial charge in [-0.25, -0.2) is 4.98 Å². The Morgan fingerprint density at radius 3 is 2.90 bits per heavy atom. The van der Waals surface area contributed by atoms with Crippen LogP contribution in [0.5, 0.6) is 0 Å². The Kier molecular flexibility index (Phi) is 2.78. The van der Waals surface area contributed by atoms with Gasteiger partial charge in [-0.15, -0.1) is 0 Å². The highest BCUT2D eigenvalue weighted by molar-refractivity contribution is 5.80. The molecule has 104 valence electrons. The van der Waals surface area contributed by atoms with Crippen LogP contribution in [0.2, 0.25) is 0 Å². The van der Waals surface area contributed by atoms with Gasteiger partial charge in [0.15, 0.2) is 0 Å². The standard InChI is InChI=1S/C18H17N3/c1-13-5-2-3-8-16(13)21-12-19-11-17(21)15-7-4-6-14-9-10-20-18(14)15/h2-8,11-12,20H,9-10H2,1H3. The molecule has 4 rings (SSSR count). The zero-order valence-electron chi connectivity index (χ0n) is 12.0. The van der Waals surface area contributed by atoms with E-state index < -0.39 is 0 Å². The zero-order valence-corrected chi connectivity index (χ0v) is 12.0. The predicted molar refractivity (Wildman–Crippen MR) is 85.9 cm³/mol. The van der Waals surface area contributed by atoms with Gasteiger partial charge in [0.1, 0.15) is 0 Å². The SMILES string of the molecule is Cc1ccccc1-n1cncc1-c1cccc2c1NCC2. The molecule has 21 heavy (non-hydrogen) atoms. The van der Waals surface area contributed by atoms with E-state index in [4.69, 9.17) is 0 Å². The van der Waals surface area contributed by atoms with Gasteiger partial charge in [-0.3, -0.25) is 4.57 Å². The number of imidazole rings is 1. The molecule has 1 N–H and O–H groups in total. The Bertz CT molecular complexity index is 802. The van der Waals surface area contributed by atoms with Gasteiger partial charge in [0.25, 0.3) is 0 Å². The van der Waals surface area contributed by atoms with Crippen molar-refractivity contribution in [1.82, 2.24) is 9.55 Å². The molecule has 0 saturated heterocycles. The second-order valence-electron chi connectivity index (χ2n) is 5.45. The van der Waals surface area contributed by atoms with Crippen LogP contribution in [0.1, 0.15) is 11.1 Å². The molecule has 3 heteroatoms. The first-order chi connectivity index (χ1) is 10.3. The largest absolute Gasteiger partial charge is 0.384 e. The number of aromatic nitrogens is 2. The zero-order chi connectivity index (χ0) is 14.2. The first-order valence-electron chi connectivity index (χ1n) is 7.29. The van der Waals surface area contributed by atoms with Crippen LogP contribution in [0.25, 0.3) is 16.9 Å². The first kappa shape index (κ1) is 12.2. The predicted octanol–water partition coefficient (Wildman–Crippen LogP) is 3.82. The van der Waals surface area contributed by atoms with Gasteiger partial charge >= 0.3 is 0 Å². The van der Waals surface area contributed by atoms with Crippen molar-refractivity contribution in [1.29, 1.82) is 0 Å². The lowest BCUT2D eigenvalue weighted by Crippen LogP contribution is -2.00. The minimum Gasteiger partial charge on any atom is -0.384 e. The summed E-state index contributed by atoms with van der Waals surface area (Å²) in [6, 6.07) is 14.9. The van der Waals surface area contributed by atoms with Crippen molar-refractivity contribution in [3.63, 3.8) is 0 Å². The third-order valence-electron chi connectivity index (χ3n) is 4.14. The minimum absolute atomic E-state index is 1.02. The first-order valence-corrected chi connectivity index (χ1v) is 7.29. The molecule has 2 aromatic carbocycles. The fourth-order valence-corrected chi connectivity index (χ4v) is 3.07. The van der Waals surface area contributed by atoms with Crippen molar-refractivity contribution in [3.8, 4) is 16.9 Å². The lowest BCUT2D eigenvalue weighted by atomic mass is 10.0. The summed E-state index contributed by atoms with van der Waals surface area (Å²) in [4.78, 5) is 4.38. The smallest absolute Gasteiger partial charge is 0.0997 e. The molecule has 0 fully saturated rings. The van der Waals surface area contributed by atoms with Gasteiger partial charge in [-0.05, 0) is 30.5 Å². The van der Waals surface area contributed by atoms with Crippen LogP contribution in [0.15, 0.2) is 55.0 Å². The van der Waals surface area contributed by atoms with Crippen LogP contribution in [0, 0.1) is 6.92 Å². The van der Waals surface area contributed by atoms with E-state index in [1.165, 1.54) is 28.1 Å². The van der Waals surface area contributed by atoms with Gasteiger partial charge in [0.05, 0.1) is 23.9 Å². The fourth-order valence-electron chi connectivity index (χ4n) is 3.07. The van der Waals surface area contributed by atoms with E-state index in [1.54, 1.807) is 0 Å². The number of hydrogen-bond donors (Lipinski definition) is 1. The molecule has 1 aliphatic rings. The highest BCUT2D eigenvalue weighted by Crippen LogP contribution is 2.35. The topological polar surface area (TPSA) is 29.9 Å². The number of nitrogens with zero attached hydrogens (tertiary/aromatic N) is 2. The maximum absolute atomic E-state index is 4.38. The monoisotopic (exact) mass is 275 g/mol. The third kappa shape index (κ3) is 1.93. The Morgan fingerprint density at radius 1 is 1.10 bits per heavy atom. The van der Waals surface area contributed by atoms with E-state index in [1.807, 2.05) is 12.5 Å². The second kappa shape index (κ2) is 4.77. The van der Waals surface area contributed by atoms with Crippen molar-refractivity contribution < 1.29 is 0 Å². The molecule has 0 aliphatic carbocycles. The highest BCUT2D eigenvalue weighted by atomic mass is 15.1.